The van der Waals surface area contributed by atoms with Gasteiger partial charge in [0.05, 0.1) is 32.2 Å². The van der Waals surface area contributed by atoms with E-state index in [-0.39, 0.29) is 5.92 Å². The second-order valence-electron chi connectivity index (χ2n) is 6.91. The summed E-state index contributed by atoms with van der Waals surface area (Å²) in [6, 6.07) is 0. The molecule has 0 aliphatic carbocycles. The molecule has 140 valence electrons. The van der Waals surface area contributed by atoms with E-state index in [0.717, 1.165) is 70.4 Å². The summed E-state index contributed by atoms with van der Waals surface area (Å²) in [6.45, 7) is 5.86. The first-order valence-electron chi connectivity index (χ1n) is 9.11. The van der Waals surface area contributed by atoms with Gasteiger partial charge >= 0.3 is 0 Å². The third kappa shape index (κ3) is 3.68. The molecule has 4 rings (SSSR count). The zero-order valence-electron chi connectivity index (χ0n) is 15.0. The Kier molecular flexibility index (Phi) is 5.07. The maximum absolute atomic E-state index is 13.1. The lowest BCUT2D eigenvalue weighted by molar-refractivity contribution is 0.0326. The third-order valence-electron chi connectivity index (χ3n) is 5.14. The van der Waals surface area contributed by atoms with Crippen LogP contribution in [0.25, 0.3) is 0 Å². The number of anilines is 1. The third-order valence-corrected chi connectivity index (χ3v) is 5.14. The highest BCUT2D eigenvalue weighted by Gasteiger charge is 2.27. The molecule has 2 aromatic rings. The van der Waals surface area contributed by atoms with Crippen molar-refractivity contribution in [2.45, 2.75) is 25.3 Å². The lowest BCUT2D eigenvalue weighted by atomic mass is 9.97. The summed E-state index contributed by atoms with van der Waals surface area (Å²) < 4.78 is 20.6. The number of morpholine rings is 1. The van der Waals surface area contributed by atoms with E-state index >= 15 is 0 Å². The van der Waals surface area contributed by atoms with E-state index in [1.165, 1.54) is 12.4 Å². The lowest BCUT2D eigenvalue weighted by Gasteiger charge is -2.32. The molecule has 4 heterocycles. The normalized spacial score (nSPS) is 21.9. The van der Waals surface area contributed by atoms with Crippen LogP contribution in [-0.2, 0) is 18.3 Å². The summed E-state index contributed by atoms with van der Waals surface area (Å²) in [5.74, 6) is 2.42. The lowest BCUT2D eigenvalue weighted by Crippen LogP contribution is -2.37. The van der Waals surface area contributed by atoms with Gasteiger partial charge in [0.25, 0.3) is 0 Å². The summed E-state index contributed by atoms with van der Waals surface area (Å²) in [4.78, 5) is 12.7. The molecule has 2 fully saturated rings. The highest BCUT2D eigenvalue weighted by atomic mass is 19.1. The largest absolute Gasteiger partial charge is 0.379 e. The molecule has 26 heavy (non-hydrogen) atoms. The van der Waals surface area contributed by atoms with Crippen LogP contribution in [0.3, 0.4) is 0 Å². The minimum absolute atomic E-state index is 0.272. The van der Waals surface area contributed by atoms with Gasteiger partial charge in [0, 0.05) is 39.1 Å². The van der Waals surface area contributed by atoms with E-state index in [1.807, 2.05) is 7.05 Å². The molecule has 2 saturated heterocycles. The number of aromatic nitrogens is 5. The Balaban J connectivity index is 1.45. The molecule has 2 aromatic heterocycles. The molecular weight excluding hydrogens is 337 g/mol. The molecule has 2 aliphatic heterocycles. The van der Waals surface area contributed by atoms with Crippen molar-refractivity contribution in [1.29, 1.82) is 0 Å². The van der Waals surface area contributed by atoms with Gasteiger partial charge in [-0.2, -0.15) is 0 Å². The zero-order chi connectivity index (χ0) is 17.9. The number of hydrogen-bond acceptors (Lipinski definition) is 7. The SMILES string of the molecule is Cn1c(CN2CCOCC2)nnc1[C@@H]1CCCN(c2ncc(F)cn2)C1. The van der Waals surface area contributed by atoms with Crippen LogP contribution in [0.5, 0.6) is 0 Å². The van der Waals surface area contributed by atoms with E-state index in [2.05, 4.69) is 34.5 Å². The molecule has 2 aliphatic rings. The highest BCUT2D eigenvalue weighted by Crippen LogP contribution is 2.27. The fourth-order valence-electron chi connectivity index (χ4n) is 3.67. The predicted octanol–water partition coefficient (Wildman–Crippen LogP) is 0.960. The van der Waals surface area contributed by atoms with Crippen molar-refractivity contribution in [2.24, 2.45) is 7.05 Å². The Bertz CT molecular complexity index is 729. The van der Waals surface area contributed by atoms with Gasteiger partial charge in [0.1, 0.15) is 11.6 Å². The molecular formula is C17H24FN7O. The van der Waals surface area contributed by atoms with Crippen molar-refractivity contribution in [3.05, 3.63) is 29.9 Å². The Hall–Kier alpha value is -2.13. The minimum atomic E-state index is -0.414. The standard InChI is InChI=1S/C17H24FN7O/c1-23-15(12-24-5-7-26-8-6-24)21-22-16(23)13-3-2-4-25(11-13)17-19-9-14(18)10-20-17/h9-10,13H,2-8,11-12H2,1H3/t13-/m1/s1. The van der Waals surface area contributed by atoms with Crippen LogP contribution in [0, 0.1) is 5.82 Å². The first-order valence-corrected chi connectivity index (χ1v) is 9.11. The van der Waals surface area contributed by atoms with E-state index in [0.29, 0.717) is 5.95 Å². The Morgan fingerprint density at radius 1 is 1.15 bits per heavy atom. The molecule has 0 bridgehead atoms. The van der Waals surface area contributed by atoms with Crippen LogP contribution in [0.2, 0.25) is 0 Å². The number of ether oxygens (including phenoxy) is 1. The average molecular weight is 361 g/mol. The molecule has 0 amide bonds. The van der Waals surface area contributed by atoms with Crippen LogP contribution < -0.4 is 4.90 Å². The topological polar surface area (TPSA) is 72.2 Å². The maximum Gasteiger partial charge on any atom is 0.225 e. The molecule has 8 nitrogen and oxygen atoms in total. The molecule has 0 radical (unpaired) electrons. The highest BCUT2D eigenvalue weighted by molar-refractivity contribution is 5.31. The monoisotopic (exact) mass is 361 g/mol. The summed E-state index contributed by atoms with van der Waals surface area (Å²) in [5.41, 5.74) is 0. The quantitative estimate of drug-likeness (QED) is 0.803. The molecule has 0 saturated carbocycles. The molecule has 0 N–H and O–H groups in total. The van der Waals surface area contributed by atoms with Gasteiger partial charge in [-0.1, -0.05) is 0 Å². The summed E-state index contributed by atoms with van der Waals surface area (Å²) in [6.07, 6.45) is 4.52. The van der Waals surface area contributed by atoms with Crippen LogP contribution in [-0.4, -0.2) is 69.0 Å². The van der Waals surface area contributed by atoms with Crippen molar-refractivity contribution in [2.75, 3.05) is 44.3 Å². The van der Waals surface area contributed by atoms with Gasteiger partial charge < -0.3 is 14.2 Å². The number of piperidine rings is 1. The second kappa shape index (κ2) is 7.63. The zero-order valence-corrected chi connectivity index (χ0v) is 15.0. The van der Waals surface area contributed by atoms with Gasteiger partial charge in [0.15, 0.2) is 5.82 Å². The van der Waals surface area contributed by atoms with Crippen LogP contribution in [0.1, 0.15) is 30.4 Å². The Labute approximate surface area is 152 Å². The Morgan fingerprint density at radius 3 is 2.69 bits per heavy atom. The number of rotatable bonds is 4. The van der Waals surface area contributed by atoms with E-state index in [4.69, 9.17) is 4.74 Å². The maximum atomic E-state index is 13.1. The summed E-state index contributed by atoms with van der Waals surface area (Å²) in [7, 11) is 2.04. The molecule has 0 aromatic carbocycles. The van der Waals surface area contributed by atoms with Gasteiger partial charge in [0.2, 0.25) is 5.95 Å². The van der Waals surface area contributed by atoms with Gasteiger partial charge in [-0.05, 0) is 12.8 Å². The van der Waals surface area contributed by atoms with Crippen LogP contribution in [0.15, 0.2) is 12.4 Å². The van der Waals surface area contributed by atoms with Crippen molar-refractivity contribution in [3.8, 4) is 0 Å². The van der Waals surface area contributed by atoms with Gasteiger partial charge in [-0.15, -0.1) is 10.2 Å². The predicted molar refractivity (Wildman–Crippen MR) is 93.3 cm³/mol. The fraction of sp³-hybridized carbons (Fsp3) is 0.647. The summed E-state index contributed by atoms with van der Waals surface area (Å²) >= 11 is 0. The Morgan fingerprint density at radius 2 is 1.92 bits per heavy atom. The first kappa shape index (κ1) is 17.3. The fourth-order valence-corrected chi connectivity index (χ4v) is 3.67. The van der Waals surface area contributed by atoms with E-state index in [1.54, 1.807) is 0 Å². The molecule has 0 unspecified atom stereocenters. The van der Waals surface area contributed by atoms with E-state index < -0.39 is 5.82 Å². The number of halogens is 1. The van der Waals surface area contributed by atoms with Crippen molar-refractivity contribution in [3.63, 3.8) is 0 Å². The van der Waals surface area contributed by atoms with Gasteiger partial charge in [-0.3, -0.25) is 4.90 Å². The number of hydrogen-bond donors (Lipinski definition) is 0. The van der Waals surface area contributed by atoms with Gasteiger partial charge in [-0.25, -0.2) is 14.4 Å². The smallest absolute Gasteiger partial charge is 0.225 e. The van der Waals surface area contributed by atoms with Crippen molar-refractivity contribution < 1.29 is 9.13 Å². The number of nitrogens with zero attached hydrogens (tertiary/aromatic N) is 7. The second-order valence-corrected chi connectivity index (χ2v) is 6.91. The molecule has 0 spiro atoms. The minimum Gasteiger partial charge on any atom is -0.379 e. The van der Waals surface area contributed by atoms with Crippen LogP contribution >= 0.6 is 0 Å². The summed E-state index contributed by atoms with van der Waals surface area (Å²) in [5, 5.41) is 8.90. The first-order chi connectivity index (χ1) is 12.7. The van der Waals surface area contributed by atoms with E-state index in [9.17, 15) is 4.39 Å². The average Bonchev–Trinajstić information content (AvgIpc) is 3.04. The van der Waals surface area contributed by atoms with Crippen molar-refractivity contribution >= 4 is 5.95 Å². The van der Waals surface area contributed by atoms with Crippen LogP contribution in [0.4, 0.5) is 10.3 Å². The van der Waals surface area contributed by atoms with Crippen molar-refractivity contribution in [1.82, 2.24) is 29.6 Å². The molecule has 1 atom stereocenters. The molecule has 9 heteroatoms.